The molecule has 0 fully saturated rings. The molecule has 0 bridgehead atoms. The van der Waals surface area contributed by atoms with Crippen molar-refractivity contribution < 1.29 is 0 Å². The number of fused-ring (bicyclic) bond motifs is 1. The van der Waals surface area contributed by atoms with Crippen molar-refractivity contribution in [1.29, 1.82) is 0 Å². The first-order chi connectivity index (χ1) is 10.1. The molecule has 1 heterocycles. The fourth-order valence-corrected chi connectivity index (χ4v) is 2.89. The van der Waals surface area contributed by atoms with Crippen LogP contribution in [-0.2, 0) is 0 Å². The normalized spacial score (nSPS) is 12.7. The van der Waals surface area contributed by atoms with E-state index in [0.29, 0.717) is 10.0 Å². The fraction of sp³-hybridized carbons (Fsp3) is 0.133. The SMILES string of the molecule is CNC(c1ccc2[nH]c(=O)[nH]c2c1)c1cccc(Cl)c1Cl. The van der Waals surface area contributed by atoms with Gasteiger partial charge in [0.05, 0.1) is 27.1 Å². The van der Waals surface area contributed by atoms with E-state index in [9.17, 15) is 4.79 Å². The Morgan fingerprint density at radius 1 is 1.10 bits per heavy atom. The van der Waals surface area contributed by atoms with E-state index in [0.717, 1.165) is 22.2 Å². The van der Waals surface area contributed by atoms with Crippen molar-refractivity contribution in [2.45, 2.75) is 6.04 Å². The van der Waals surface area contributed by atoms with Crippen LogP contribution in [0.3, 0.4) is 0 Å². The second-order valence-corrected chi connectivity index (χ2v) is 5.53. The number of hydrogen-bond donors (Lipinski definition) is 3. The van der Waals surface area contributed by atoms with E-state index in [1.807, 2.05) is 37.4 Å². The lowest BCUT2D eigenvalue weighted by atomic mass is 9.98. The minimum atomic E-state index is -0.219. The zero-order valence-electron chi connectivity index (χ0n) is 11.2. The average Bonchev–Trinajstić information content (AvgIpc) is 2.83. The van der Waals surface area contributed by atoms with E-state index in [-0.39, 0.29) is 11.7 Å². The highest BCUT2D eigenvalue weighted by atomic mass is 35.5. The molecule has 0 amide bonds. The molecular formula is C15H13Cl2N3O. The first-order valence-corrected chi connectivity index (χ1v) is 7.19. The molecule has 3 rings (SSSR count). The molecule has 2 aromatic carbocycles. The van der Waals surface area contributed by atoms with Gasteiger partial charge in [-0.2, -0.15) is 0 Å². The lowest BCUT2D eigenvalue weighted by Gasteiger charge is -2.19. The van der Waals surface area contributed by atoms with E-state index >= 15 is 0 Å². The highest BCUT2D eigenvalue weighted by Crippen LogP contribution is 2.33. The maximum absolute atomic E-state index is 11.3. The molecule has 4 nitrogen and oxygen atoms in total. The van der Waals surface area contributed by atoms with Gasteiger partial charge in [0.15, 0.2) is 0 Å². The molecule has 1 unspecified atom stereocenters. The second-order valence-electron chi connectivity index (χ2n) is 4.75. The molecule has 0 aliphatic carbocycles. The van der Waals surface area contributed by atoms with Gasteiger partial charge < -0.3 is 15.3 Å². The number of rotatable bonds is 3. The largest absolute Gasteiger partial charge is 0.323 e. The minimum absolute atomic E-state index is 0.112. The van der Waals surface area contributed by atoms with Gasteiger partial charge in [0, 0.05) is 0 Å². The highest BCUT2D eigenvalue weighted by molar-refractivity contribution is 6.42. The zero-order valence-corrected chi connectivity index (χ0v) is 12.7. The van der Waals surface area contributed by atoms with Crippen LogP contribution in [0, 0.1) is 0 Å². The lowest BCUT2D eigenvalue weighted by Crippen LogP contribution is -2.18. The number of hydrogen-bond acceptors (Lipinski definition) is 2. The van der Waals surface area contributed by atoms with Crippen LogP contribution in [0.2, 0.25) is 10.0 Å². The maximum atomic E-state index is 11.3. The average molecular weight is 322 g/mol. The molecule has 1 aromatic heterocycles. The summed E-state index contributed by atoms with van der Waals surface area (Å²) in [6.07, 6.45) is 0. The molecule has 6 heteroatoms. The Morgan fingerprint density at radius 2 is 1.86 bits per heavy atom. The molecule has 0 aliphatic heterocycles. The summed E-state index contributed by atoms with van der Waals surface area (Å²) >= 11 is 12.4. The molecule has 108 valence electrons. The third-order valence-electron chi connectivity index (χ3n) is 3.45. The quantitative estimate of drug-likeness (QED) is 0.691. The van der Waals surface area contributed by atoms with Crippen LogP contribution in [0.4, 0.5) is 0 Å². The number of nitrogens with one attached hydrogen (secondary N) is 3. The summed E-state index contributed by atoms with van der Waals surface area (Å²) in [5.41, 5.74) is 3.20. The van der Waals surface area contributed by atoms with Gasteiger partial charge in [-0.25, -0.2) is 4.79 Å². The third kappa shape index (κ3) is 2.58. The number of aromatic nitrogens is 2. The van der Waals surface area contributed by atoms with Crippen molar-refractivity contribution in [3.8, 4) is 0 Å². The smallest absolute Gasteiger partial charge is 0.309 e. The Hall–Kier alpha value is -1.75. The first kappa shape index (κ1) is 14.2. The maximum Gasteiger partial charge on any atom is 0.323 e. The monoisotopic (exact) mass is 321 g/mol. The Kier molecular flexibility index (Phi) is 3.76. The second kappa shape index (κ2) is 5.56. The van der Waals surface area contributed by atoms with Crippen molar-refractivity contribution in [3.63, 3.8) is 0 Å². The van der Waals surface area contributed by atoms with Gasteiger partial charge in [0.2, 0.25) is 0 Å². The van der Waals surface area contributed by atoms with Crippen molar-refractivity contribution in [2.75, 3.05) is 7.05 Å². The van der Waals surface area contributed by atoms with Crippen LogP contribution in [0.1, 0.15) is 17.2 Å². The molecule has 0 aliphatic rings. The summed E-state index contributed by atoms with van der Waals surface area (Å²) in [6.45, 7) is 0. The molecule has 0 saturated carbocycles. The van der Waals surface area contributed by atoms with Crippen molar-refractivity contribution in [2.24, 2.45) is 0 Å². The molecule has 3 N–H and O–H groups in total. The van der Waals surface area contributed by atoms with E-state index in [1.54, 1.807) is 6.07 Å². The summed E-state index contributed by atoms with van der Waals surface area (Å²) < 4.78 is 0. The predicted octanol–water partition coefficient (Wildman–Crippen LogP) is 3.47. The first-order valence-electron chi connectivity index (χ1n) is 6.43. The van der Waals surface area contributed by atoms with Crippen LogP contribution in [0.5, 0.6) is 0 Å². The zero-order chi connectivity index (χ0) is 15.0. The van der Waals surface area contributed by atoms with Gasteiger partial charge in [-0.1, -0.05) is 41.4 Å². The van der Waals surface area contributed by atoms with Crippen LogP contribution >= 0.6 is 23.2 Å². The standard InChI is InChI=1S/C15H13Cl2N3O/c1-18-14(9-3-2-4-10(16)13(9)17)8-5-6-11-12(7-8)20-15(21)19-11/h2-7,14,18H,1H3,(H2,19,20,21). The van der Waals surface area contributed by atoms with Crippen LogP contribution in [0.15, 0.2) is 41.2 Å². The van der Waals surface area contributed by atoms with Crippen LogP contribution in [0.25, 0.3) is 11.0 Å². The molecule has 0 spiro atoms. The number of halogens is 2. The van der Waals surface area contributed by atoms with Gasteiger partial charge >= 0.3 is 5.69 Å². The topological polar surface area (TPSA) is 60.7 Å². The molecule has 0 radical (unpaired) electrons. The predicted molar refractivity (Wildman–Crippen MR) is 86.3 cm³/mol. The Labute approximate surface area is 131 Å². The number of aromatic amines is 2. The van der Waals surface area contributed by atoms with Crippen molar-refractivity contribution >= 4 is 34.2 Å². The van der Waals surface area contributed by atoms with Crippen LogP contribution < -0.4 is 11.0 Å². The lowest BCUT2D eigenvalue weighted by molar-refractivity contribution is 0.693. The van der Waals surface area contributed by atoms with E-state index < -0.39 is 0 Å². The summed E-state index contributed by atoms with van der Waals surface area (Å²) in [7, 11) is 1.85. The van der Waals surface area contributed by atoms with Crippen molar-refractivity contribution in [3.05, 3.63) is 68.1 Å². The molecule has 0 saturated heterocycles. The molecule has 3 aromatic rings. The summed E-state index contributed by atoms with van der Waals surface area (Å²) in [6, 6.07) is 11.2. The van der Waals surface area contributed by atoms with Gasteiger partial charge in [-0.15, -0.1) is 0 Å². The van der Waals surface area contributed by atoms with Gasteiger partial charge in [-0.3, -0.25) is 0 Å². The fourth-order valence-electron chi connectivity index (χ4n) is 2.47. The Morgan fingerprint density at radius 3 is 2.62 bits per heavy atom. The summed E-state index contributed by atoms with van der Waals surface area (Å²) in [5.74, 6) is 0. The van der Waals surface area contributed by atoms with E-state index in [2.05, 4.69) is 15.3 Å². The van der Waals surface area contributed by atoms with Crippen molar-refractivity contribution in [1.82, 2.24) is 15.3 Å². The number of imidazole rings is 1. The Bertz CT molecular complexity index is 853. The molecular weight excluding hydrogens is 309 g/mol. The third-order valence-corrected chi connectivity index (χ3v) is 4.29. The van der Waals surface area contributed by atoms with E-state index in [1.165, 1.54) is 0 Å². The highest BCUT2D eigenvalue weighted by Gasteiger charge is 2.17. The Balaban J connectivity index is 2.13. The van der Waals surface area contributed by atoms with Gasteiger partial charge in [0.25, 0.3) is 0 Å². The molecule has 1 atom stereocenters. The number of H-pyrrole nitrogens is 2. The number of benzene rings is 2. The minimum Gasteiger partial charge on any atom is -0.309 e. The molecule has 21 heavy (non-hydrogen) atoms. The summed E-state index contributed by atoms with van der Waals surface area (Å²) in [5, 5.41) is 4.28. The van der Waals surface area contributed by atoms with E-state index in [4.69, 9.17) is 23.2 Å². The van der Waals surface area contributed by atoms with Crippen LogP contribution in [-0.4, -0.2) is 17.0 Å². The van der Waals surface area contributed by atoms with Gasteiger partial charge in [0.1, 0.15) is 0 Å². The summed E-state index contributed by atoms with van der Waals surface area (Å²) in [4.78, 5) is 16.8. The van der Waals surface area contributed by atoms with Gasteiger partial charge in [-0.05, 0) is 36.4 Å².